The van der Waals surface area contributed by atoms with Gasteiger partial charge in [0.15, 0.2) is 11.5 Å². The van der Waals surface area contributed by atoms with Crippen LogP contribution >= 0.6 is 0 Å². The average molecular weight is 535 g/mol. The molecule has 2 rings (SSSR count). The topological polar surface area (TPSA) is 157 Å². The van der Waals surface area contributed by atoms with Crippen LogP contribution in [0, 0.1) is 5.92 Å². The van der Waals surface area contributed by atoms with Crippen molar-refractivity contribution < 1.29 is 23.9 Å². The molecule has 0 aromatic carbocycles. The number of rotatable bonds is 20. The Balaban J connectivity index is 1.76. The van der Waals surface area contributed by atoms with E-state index in [4.69, 9.17) is 15.2 Å². The Labute approximate surface area is 226 Å². The second kappa shape index (κ2) is 17.0. The molecule has 11 nitrogen and oxygen atoms in total. The Hall–Kier alpha value is -2.66. The van der Waals surface area contributed by atoms with Gasteiger partial charge in [-0.05, 0) is 31.7 Å². The first kappa shape index (κ1) is 31.6. The van der Waals surface area contributed by atoms with Gasteiger partial charge in [-0.3, -0.25) is 19.7 Å². The van der Waals surface area contributed by atoms with Gasteiger partial charge >= 0.3 is 11.9 Å². The number of carbonyl (C=O) groups is 3. The quantitative estimate of drug-likeness (QED) is 0.160. The molecular weight excluding hydrogens is 488 g/mol. The van der Waals surface area contributed by atoms with Gasteiger partial charge in [0.25, 0.3) is 5.91 Å². The SMILES string of the molecule is CCCCCCCCCCCC(=O)OCC1(NCCCCOC(=O)[C@@H](N)C(C)C)N=C2N=CN=C2C(=O)N1. The maximum absolute atomic E-state index is 12.6. The van der Waals surface area contributed by atoms with Crippen molar-refractivity contribution in [2.24, 2.45) is 26.6 Å². The van der Waals surface area contributed by atoms with Crippen LogP contribution in [0.3, 0.4) is 0 Å². The van der Waals surface area contributed by atoms with Crippen LogP contribution in [0.15, 0.2) is 15.0 Å². The number of hydrogen-bond acceptors (Lipinski definition) is 10. The van der Waals surface area contributed by atoms with Crippen molar-refractivity contribution in [2.45, 2.75) is 110 Å². The fourth-order valence-electron chi connectivity index (χ4n) is 4.06. The molecule has 1 amide bonds. The van der Waals surface area contributed by atoms with Crippen molar-refractivity contribution in [3.05, 3.63) is 0 Å². The first-order valence-electron chi connectivity index (χ1n) is 14.1. The predicted octanol–water partition coefficient (Wildman–Crippen LogP) is 3.01. The van der Waals surface area contributed by atoms with Crippen LogP contribution < -0.4 is 16.4 Å². The number of fused-ring (bicyclic) bond motifs is 1. The molecule has 0 aliphatic carbocycles. The second-order valence-corrected chi connectivity index (χ2v) is 10.3. The summed E-state index contributed by atoms with van der Waals surface area (Å²) in [7, 11) is 0. The maximum atomic E-state index is 12.6. The van der Waals surface area contributed by atoms with E-state index in [1.807, 2.05) is 13.8 Å². The lowest BCUT2D eigenvalue weighted by molar-refractivity contribution is -0.147. The average Bonchev–Trinajstić information content (AvgIpc) is 3.37. The standard InChI is InChI=1S/C27H46N6O5/c1-4-5-6-7-8-9-10-11-12-15-21(34)38-18-27(32-24-23(25(35)33-27)29-19-30-24)31-16-13-14-17-37-26(36)22(28)20(2)3/h19-20,22,31H,4-18,28H2,1-3H3,(H,33,35)/t22-,27?/m0/s1. The lowest BCUT2D eigenvalue weighted by Gasteiger charge is -2.34. The third kappa shape index (κ3) is 11.0. The number of hydrogen-bond donors (Lipinski definition) is 3. The summed E-state index contributed by atoms with van der Waals surface area (Å²) in [6.45, 7) is 6.44. The van der Waals surface area contributed by atoms with Crippen LogP contribution in [0.2, 0.25) is 0 Å². The molecule has 38 heavy (non-hydrogen) atoms. The number of nitrogens with zero attached hydrogens (tertiary/aromatic N) is 3. The Morgan fingerprint density at radius 3 is 2.39 bits per heavy atom. The largest absolute Gasteiger partial charge is 0.465 e. The highest BCUT2D eigenvalue weighted by Gasteiger charge is 2.41. The molecule has 11 heteroatoms. The summed E-state index contributed by atoms with van der Waals surface area (Å²) >= 11 is 0. The van der Waals surface area contributed by atoms with E-state index >= 15 is 0 Å². The highest BCUT2D eigenvalue weighted by Crippen LogP contribution is 2.15. The summed E-state index contributed by atoms with van der Waals surface area (Å²) in [5, 5.41) is 5.95. The summed E-state index contributed by atoms with van der Waals surface area (Å²) in [5.41, 5.74) is 5.93. The lowest BCUT2D eigenvalue weighted by Crippen LogP contribution is -2.65. The van der Waals surface area contributed by atoms with E-state index in [0.29, 0.717) is 25.8 Å². The predicted molar refractivity (Wildman–Crippen MR) is 148 cm³/mol. The van der Waals surface area contributed by atoms with Crippen molar-refractivity contribution >= 4 is 35.7 Å². The molecule has 0 spiro atoms. The number of esters is 2. The van der Waals surface area contributed by atoms with E-state index in [-0.39, 0.29) is 36.6 Å². The maximum Gasteiger partial charge on any atom is 0.323 e. The number of ether oxygens (including phenoxy) is 2. The van der Waals surface area contributed by atoms with Crippen molar-refractivity contribution in [2.75, 3.05) is 19.8 Å². The van der Waals surface area contributed by atoms with Crippen molar-refractivity contribution in [1.29, 1.82) is 0 Å². The molecule has 2 aliphatic rings. The third-order valence-electron chi connectivity index (χ3n) is 6.56. The summed E-state index contributed by atoms with van der Waals surface area (Å²) in [6, 6.07) is -0.641. The minimum atomic E-state index is -1.34. The van der Waals surface area contributed by atoms with E-state index in [2.05, 4.69) is 32.5 Å². The van der Waals surface area contributed by atoms with Gasteiger partial charge in [0.1, 0.15) is 19.0 Å². The third-order valence-corrected chi connectivity index (χ3v) is 6.56. The summed E-state index contributed by atoms with van der Waals surface area (Å²) < 4.78 is 10.7. The Morgan fingerprint density at radius 2 is 1.71 bits per heavy atom. The molecule has 0 saturated carbocycles. The molecule has 2 atom stereocenters. The van der Waals surface area contributed by atoms with Crippen LogP contribution in [0.5, 0.6) is 0 Å². The zero-order valence-electron chi connectivity index (χ0n) is 23.3. The van der Waals surface area contributed by atoms with E-state index in [9.17, 15) is 14.4 Å². The van der Waals surface area contributed by atoms with Crippen molar-refractivity contribution in [3.63, 3.8) is 0 Å². The van der Waals surface area contributed by atoms with Crippen LogP contribution in [-0.2, 0) is 23.9 Å². The Morgan fingerprint density at radius 1 is 1.03 bits per heavy atom. The molecule has 2 heterocycles. The zero-order valence-corrected chi connectivity index (χ0v) is 23.3. The van der Waals surface area contributed by atoms with E-state index in [1.54, 1.807) is 0 Å². The number of aliphatic imine (C=N–C) groups is 3. The minimum Gasteiger partial charge on any atom is -0.465 e. The molecule has 0 saturated heterocycles. The molecule has 0 aromatic rings. The van der Waals surface area contributed by atoms with E-state index < -0.39 is 23.7 Å². The van der Waals surface area contributed by atoms with Crippen LogP contribution in [-0.4, -0.2) is 67.3 Å². The molecule has 1 unspecified atom stereocenters. The highest BCUT2D eigenvalue weighted by molar-refractivity contribution is 6.69. The first-order chi connectivity index (χ1) is 18.3. The van der Waals surface area contributed by atoms with Gasteiger partial charge in [-0.1, -0.05) is 72.1 Å². The monoisotopic (exact) mass is 534 g/mol. The van der Waals surface area contributed by atoms with Crippen LogP contribution in [0.1, 0.15) is 97.8 Å². The molecule has 4 N–H and O–H groups in total. The van der Waals surface area contributed by atoms with E-state index in [1.165, 1.54) is 44.9 Å². The minimum absolute atomic E-state index is 0.00718. The number of unbranched alkanes of at least 4 members (excludes halogenated alkanes) is 9. The van der Waals surface area contributed by atoms with Gasteiger partial charge in [0.05, 0.1) is 6.61 Å². The summed E-state index contributed by atoms with van der Waals surface area (Å²) in [5.74, 6) is -2.31. The Kier molecular flexibility index (Phi) is 14.1. The number of amides is 1. The summed E-state index contributed by atoms with van der Waals surface area (Å²) in [4.78, 5) is 49.3. The van der Waals surface area contributed by atoms with Crippen molar-refractivity contribution in [1.82, 2.24) is 10.6 Å². The van der Waals surface area contributed by atoms with Gasteiger partial charge in [-0.15, -0.1) is 0 Å². The number of nitrogens with two attached hydrogens (primary N) is 1. The smallest absolute Gasteiger partial charge is 0.323 e. The number of carbonyl (C=O) groups excluding carboxylic acids is 3. The molecule has 0 fully saturated rings. The fraction of sp³-hybridized carbons (Fsp3) is 0.778. The Bertz CT molecular complexity index is 872. The second-order valence-electron chi connectivity index (χ2n) is 10.3. The first-order valence-corrected chi connectivity index (χ1v) is 14.1. The fourth-order valence-corrected chi connectivity index (χ4v) is 4.06. The van der Waals surface area contributed by atoms with Gasteiger partial charge in [-0.25, -0.2) is 15.0 Å². The van der Waals surface area contributed by atoms with Crippen molar-refractivity contribution in [3.8, 4) is 0 Å². The molecule has 2 aliphatic heterocycles. The number of amidine groups is 1. The molecule has 0 radical (unpaired) electrons. The van der Waals surface area contributed by atoms with Gasteiger partial charge in [0.2, 0.25) is 5.79 Å². The van der Waals surface area contributed by atoms with Gasteiger partial charge < -0.3 is 20.5 Å². The molecule has 0 aromatic heterocycles. The normalized spacial score (nSPS) is 19.0. The van der Waals surface area contributed by atoms with E-state index in [0.717, 1.165) is 19.3 Å². The highest BCUT2D eigenvalue weighted by atomic mass is 16.5. The lowest BCUT2D eigenvalue weighted by atomic mass is 10.1. The summed E-state index contributed by atoms with van der Waals surface area (Å²) in [6.07, 6.45) is 13.3. The molecule has 0 bridgehead atoms. The van der Waals surface area contributed by atoms with Crippen LogP contribution in [0.4, 0.5) is 0 Å². The number of nitrogens with one attached hydrogen (secondary N) is 2. The van der Waals surface area contributed by atoms with Gasteiger partial charge in [-0.2, -0.15) is 0 Å². The van der Waals surface area contributed by atoms with Gasteiger partial charge in [0, 0.05) is 6.42 Å². The zero-order chi connectivity index (χ0) is 27.8. The molecule has 214 valence electrons. The van der Waals surface area contributed by atoms with Crippen LogP contribution in [0.25, 0.3) is 0 Å². The molecular formula is C27H46N6O5.